The lowest BCUT2D eigenvalue weighted by Crippen LogP contribution is -2.24. The predicted octanol–water partition coefficient (Wildman–Crippen LogP) is 2.59. The first-order valence-corrected chi connectivity index (χ1v) is 7.14. The quantitative estimate of drug-likeness (QED) is 0.482. The number of azide groups is 1. The van der Waals surface area contributed by atoms with E-state index in [-0.39, 0.29) is 11.8 Å². The summed E-state index contributed by atoms with van der Waals surface area (Å²) in [5.74, 6) is 0.185. The molecule has 7 nitrogen and oxygen atoms in total. The van der Waals surface area contributed by atoms with Gasteiger partial charge in [0.15, 0.2) is 0 Å². The molecule has 1 amide bonds. The maximum absolute atomic E-state index is 12.1. The second-order valence-electron chi connectivity index (χ2n) is 5.36. The summed E-state index contributed by atoms with van der Waals surface area (Å²) >= 11 is 0. The zero-order valence-corrected chi connectivity index (χ0v) is 12.0. The summed E-state index contributed by atoms with van der Waals surface area (Å²) in [5, 5.41) is 7.74. The molecule has 7 heteroatoms. The van der Waals surface area contributed by atoms with Crippen LogP contribution in [0.1, 0.15) is 12.0 Å². The number of aromatic nitrogens is 2. The first-order valence-electron chi connectivity index (χ1n) is 7.14. The van der Waals surface area contributed by atoms with Crippen molar-refractivity contribution in [2.24, 2.45) is 11.0 Å². The molecule has 22 heavy (non-hydrogen) atoms. The van der Waals surface area contributed by atoms with E-state index < -0.39 is 0 Å². The van der Waals surface area contributed by atoms with Crippen molar-refractivity contribution in [1.29, 1.82) is 0 Å². The SMILES string of the molecule is [N-]=[N+]=NCC1CC(=O)N(c2ccc(Cn3cccn3)cc2)C1. The lowest BCUT2D eigenvalue weighted by molar-refractivity contribution is -0.117. The van der Waals surface area contributed by atoms with Crippen molar-refractivity contribution in [3.05, 3.63) is 58.7 Å². The van der Waals surface area contributed by atoms with E-state index in [0.717, 1.165) is 11.3 Å². The van der Waals surface area contributed by atoms with E-state index in [4.69, 9.17) is 5.53 Å². The summed E-state index contributed by atoms with van der Waals surface area (Å²) in [5.41, 5.74) is 10.4. The fourth-order valence-corrected chi connectivity index (χ4v) is 2.67. The van der Waals surface area contributed by atoms with E-state index in [0.29, 0.717) is 26.1 Å². The van der Waals surface area contributed by atoms with Gasteiger partial charge in [-0.1, -0.05) is 17.2 Å². The Morgan fingerprint density at radius 2 is 2.18 bits per heavy atom. The number of hydrogen-bond acceptors (Lipinski definition) is 3. The molecule has 0 radical (unpaired) electrons. The zero-order valence-electron chi connectivity index (χ0n) is 12.0. The van der Waals surface area contributed by atoms with Gasteiger partial charge < -0.3 is 4.90 Å². The highest BCUT2D eigenvalue weighted by Crippen LogP contribution is 2.25. The number of amides is 1. The van der Waals surface area contributed by atoms with Crippen LogP contribution < -0.4 is 4.90 Å². The van der Waals surface area contributed by atoms with Gasteiger partial charge in [-0.05, 0) is 35.2 Å². The van der Waals surface area contributed by atoms with E-state index in [1.54, 1.807) is 11.1 Å². The monoisotopic (exact) mass is 296 g/mol. The normalized spacial score (nSPS) is 17.5. The second-order valence-corrected chi connectivity index (χ2v) is 5.36. The van der Waals surface area contributed by atoms with Crippen molar-refractivity contribution >= 4 is 11.6 Å². The van der Waals surface area contributed by atoms with E-state index in [2.05, 4.69) is 15.1 Å². The second kappa shape index (κ2) is 6.32. The maximum atomic E-state index is 12.1. The fraction of sp³-hybridized carbons (Fsp3) is 0.333. The molecular weight excluding hydrogens is 280 g/mol. The lowest BCUT2D eigenvalue weighted by atomic mass is 10.1. The largest absolute Gasteiger partial charge is 0.312 e. The number of nitrogens with zero attached hydrogens (tertiary/aromatic N) is 6. The molecule has 1 aromatic heterocycles. The third kappa shape index (κ3) is 3.10. The van der Waals surface area contributed by atoms with Crippen LogP contribution in [0.3, 0.4) is 0 Å². The first kappa shape index (κ1) is 14.2. The van der Waals surface area contributed by atoms with Gasteiger partial charge in [0.2, 0.25) is 5.91 Å². The minimum Gasteiger partial charge on any atom is -0.312 e. The molecule has 1 aliphatic heterocycles. The van der Waals surface area contributed by atoms with Crippen LogP contribution in [-0.2, 0) is 11.3 Å². The fourth-order valence-electron chi connectivity index (χ4n) is 2.67. The molecule has 1 saturated heterocycles. The molecule has 3 rings (SSSR count). The van der Waals surface area contributed by atoms with Gasteiger partial charge in [-0.25, -0.2) is 0 Å². The highest BCUT2D eigenvalue weighted by molar-refractivity contribution is 5.95. The van der Waals surface area contributed by atoms with Crippen LogP contribution in [0.25, 0.3) is 10.4 Å². The molecule has 0 spiro atoms. The number of hydrogen-bond donors (Lipinski definition) is 0. The van der Waals surface area contributed by atoms with Crippen molar-refractivity contribution in [3.63, 3.8) is 0 Å². The summed E-state index contributed by atoms with van der Waals surface area (Å²) in [6, 6.07) is 9.80. The summed E-state index contributed by atoms with van der Waals surface area (Å²) in [6.07, 6.45) is 4.10. The molecule has 1 aliphatic rings. The highest BCUT2D eigenvalue weighted by atomic mass is 16.2. The predicted molar refractivity (Wildman–Crippen MR) is 82.2 cm³/mol. The van der Waals surface area contributed by atoms with Gasteiger partial charge in [0.05, 0.1) is 6.54 Å². The van der Waals surface area contributed by atoms with Gasteiger partial charge in [0.1, 0.15) is 0 Å². The molecule has 112 valence electrons. The summed E-state index contributed by atoms with van der Waals surface area (Å²) < 4.78 is 1.85. The summed E-state index contributed by atoms with van der Waals surface area (Å²) in [4.78, 5) is 16.6. The van der Waals surface area contributed by atoms with Crippen molar-refractivity contribution < 1.29 is 4.79 Å². The van der Waals surface area contributed by atoms with Gasteiger partial charge >= 0.3 is 0 Å². The number of rotatable bonds is 5. The van der Waals surface area contributed by atoms with E-state index in [1.807, 2.05) is 41.2 Å². The molecule has 0 aliphatic carbocycles. The van der Waals surface area contributed by atoms with Crippen LogP contribution >= 0.6 is 0 Å². The molecule has 2 heterocycles. The summed E-state index contributed by atoms with van der Waals surface area (Å²) in [6.45, 7) is 1.69. The van der Waals surface area contributed by atoms with E-state index in [9.17, 15) is 4.79 Å². The van der Waals surface area contributed by atoms with Crippen molar-refractivity contribution in [3.8, 4) is 0 Å². The average molecular weight is 296 g/mol. The van der Waals surface area contributed by atoms with Gasteiger partial charge in [0, 0.05) is 42.5 Å². The topological polar surface area (TPSA) is 86.9 Å². The minimum absolute atomic E-state index is 0.0815. The van der Waals surface area contributed by atoms with Crippen molar-refractivity contribution in [2.75, 3.05) is 18.0 Å². The van der Waals surface area contributed by atoms with Crippen LogP contribution in [0.4, 0.5) is 5.69 Å². The van der Waals surface area contributed by atoms with E-state index in [1.165, 1.54) is 0 Å². The standard InChI is InChI=1S/C15H16N6O/c16-19-17-9-13-8-15(22)21(11-13)14-4-2-12(3-5-14)10-20-7-1-6-18-20/h1-7,13H,8-11H2. The van der Waals surface area contributed by atoms with Crippen molar-refractivity contribution in [2.45, 2.75) is 13.0 Å². The minimum atomic E-state index is 0.0815. The molecule has 0 N–H and O–H groups in total. The molecule has 1 fully saturated rings. The molecule has 0 bridgehead atoms. The summed E-state index contributed by atoms with van der Waals surface area (Å²) in [7, 11) is 0. The molecule has 1 unspecified atom stereocenters. The van der Waals surface area contributed by atoms with Crippen molar-refractivity contribution in [1.82, 2.24) is 9.78 Å². The number of carbonyl (C=O) groups is 1. The number of benzene rings is 1. The smallest absolute Gasteiger partial charge is 0.227 e. The van der Waals surface area contributed by atoms with Gasteiger partial charge in [-0.2, -0.15) is 5.10 Å². The third-order valence-electron chi connectivity index (χ3n) is 3.76. The molecular formula is C15H16N6O. The third-order valence-corrected chi connectivity index (χ3v) is 3.76. The Bertz CT molecular complexity index is 687. The zero-order chi connectivity index (χ0) is 15.4. The Hall–Kier alpha value is -2.79. The Morgan fingerprint density at radius 1 is 1.36 bits per heavy atom. The molecule has 1 aromatic carbocycles. The van der Waals surface area contributed by atoms with E-state index >= 15 is 0 Å². The highest BCUT2D eigenvalue weighted by Gasteiger charge is 2.29. The van der Waals surface area contributed by atoms with Crippen LogP contribution in [0.5, 0.6) is 0 Å². The molecule has 1 atom stereocenters. The number of anilines is 1. The van der Waals surface area contributed by atoms with Crippen LogP contribution in [0.15, 0.2) is 47.8 Å². The number of carbonyl (C=O) groups excluding carboxylic acids is 1. The van der Waals surface area contributed by atoms with Crippen LogP contribution in [0, 0.1) is 5.92 Å². The van der Waals surface area contributed by atoms with Crippen LogP contribution in [0.2, 0.25) is 0 Å². The Balaban J connectivity index is 1.67. The molecule has 2 aromatic rings. The maximum Gasteiger partial charge on any atom is 0.227 e. The Kier molecular flexibility index (Phi) is 4.07. The lowest BCUT2D eigenvalue weighted by Gasteiger charge is -2.17. The average Bonchev–Trinajstić information content (AvgIpc) is 3.16. The van der Waals surface area contributed by atoms with Gasteiger partial charge in [-0.3, -0.25) is 9.48 Å². The van der Waals surface area contributed by atoms with Gasteiger partial charge in [-0.15, -0.1) is 0 Å². The Morgan fingerprint density at radius 3 is 2.86 bits per heavy atom. The first-order chi connectivity index (χ1) is 10.8. The Labute approximate surface area is 127 Å². The van der Waals surface area contributed by atoms with Gasteiger partial charge in [0.25, 0.3) is 0 Å². The molecule has 0 saturated carbocycles. The van der Waals surface area contributed by atoms with Crippen LogP contribution in [-0.4, -0.2) is 28.8 Å².